The van der Waals surface area contributed by atoms with Crippen LogP contribution >= 0.6 is 0 Å². The maximum atomic E-state index is 5.61. The second-order valence-corrected chi connectivity index (χ2v) is 5.01. The predicted octanol–water partition coefficient (Wildman–Crippen LogP) is 2.42. The van der Waals surface area contributed by atoms with Crippen LogP contribution in [0.25, 0.3) is 0 Å². The number of nitrogens with two attached hydrogens (primary N) is 1. The first kappa shape index (κ1) is 14.0. The van der Waals surface area contributed by atoms with Crippen LogP contribution in [0.3, 0.4) is 0 Å². The van der Waals surface area contributed by atoms with Crippen molar-refractivity contribution in [3.05, 3.63) is 29.3 Å². The largest absolute Gasteiger partial charge is 0.496 e. The molecule has 1 unspecified atom stereocenters. The third kappa shape index (κ3) is 4.36. The first-order chi connectivity index (χ1) is 8.06. The number of hydrazine groups is 1. The monoisotopic (exact) mass is 236 g/mol. The molecule has 96 valence electrons. The van der Waals surface area contributed by atoms with Crippen molar-refractivity contribution in [2.24, 2.45) is 11.8 Å². The van der Waals surface area contributed by atoms with E-state index in [9.17, 15) is 0 Å². The van der Waals surface area contributed by atoms with Gasteiger partial charge in [0.05, 0.1) is 7.11 Å². The van der Waals surface area contributed by atoms with Gasteiger partial charge in [0.2, 0.25) is 0 Å². The highest BCUT2D eigenvalue weighted by molar-refractivity contribution is 5.37. The number of aryl methyl sites for hydroxylation is 1. The molecule has 0 fully saturated rings. The second kappa shape index (κ2) is 6.62. The summed E-state index contributed by atoms with van der Waals surface area (Å²) in [4.78, 5) is 0. The van der Waals surface area contributed by atoms with Gasteiger partial charge in [-0.05, 0) is 37.3 Å². The predicted molar refractivity (Wildman–Crippen MR) is 72.0 cm³/mol. The minimum absolute atomic E-state index is 0.297. The van der Waals surface area contributed by atoms with E-state index in [0.29, 0.717) is 12.0 Å². The average molecular weight is 236 g/mol. The van der Waals surface area contributed by atoms with Gasteiger partial charge in [0.25, 0.3) is 0 Å². The van der Waals surface area contributed by atoms with Gasteiger partial charge in [0.1, 0.15) is 5.75 Å². The Labute approximate surface area is 104 Å². The summed E-state index contributed by atoms with van der Waals surface area (Å²) in [6.45, 7) is 6.51. The highest BCUT2D eigenvalue weighted by Crippen LogP contribution is 2.22. The molecule has 1 aromatic carbocycles. The van der Waals surface area contributed by atoms with Gasteiger partial charge in [-0.1, -0.05) is 31.5 Å². The molecule has 0 aromatic heterocycles. The van der Waals surface area contributed by atoms with Gasteiger partial charge in [-0.2, -0.15) is 0 Å². The van der Waals surface area contributed by atoms with Gasteiger partial charge >= 0.3 is 0 Å². The number of methoxy groups -OCH3 is 1. The Morgan fingerprint density at radius 1 is 1.35 bits per heavy atom. The number of hydrogen-bond donors (Lipinski definition) is 2. The van der Waals surface area contributed by atoms with Gasteiger partial charge in [0.15, 0.2) is 0 Å². The van der Waals surface area contributed by atoms with Crippen LogP contribution in [0.2, 0.25) is 0 Å². The molecule has 3 heteroatoms. The molecule has 0 aliphatic carbocycles. The summed E-state index contributed by atoms with van der Waals surface area (Å²) in [7, 11) is 1.71. The Morgan fingerprint density at radius 3 is 2.59 bits per heavy atom. The Hall–Kier alpha value is -1.06. The van der Waals surface area contributed by atoms with E-state index in [2.05, 4.69) is 38.3 Å². The molecule has 0 bridgehead atoms. The molecule has 1 aromatic rings. The van der Waals surface area contributed by atoms with Crippen molar-refractivity contribution in [3.8, 4) is 5.75 Å². The van der Waals surface area contributed by atoms with Crippen molar-refractivity contribution in [2.45, 2.75) is 39.7 Å². The summed E-state index contributed by atoms with van der Waals surface area (Å²) in [5.74, 6) is 7.18. The van der Waals surface area contributed by atoms with Crippen molar-refractivity contribution in [1.29, 1.82) is 0 Å². The molecule has 3 nitrogen and oxygen atoms in total. The Bertz CT molecular complexity index is 350. The summed E-state index contributed by atoms with van der Waals surface area (Å²) in [6, 6.07) is 6.55. The number of nitrogens with one attached hydrogen (secondary N) is 1. The molecule has 0 heterocycles. The molecule has 3 N–H and O–H groups in total. The van der Waals surface area contributed by atoms with E-state index in [1.54, 1.807) is 7.11 Å². The number of benzene rings is 1. The summed E-state index contributed by atoms with van der Waals surface area (Å²) >= 11 is 0. The fraction of sp³-hybridized carbons (Fsp3) is 0.571. The molecule has 17 heavy (non-hydrogen) atoms. The van der Waals surface area contributed by atoms with E-state index in [4.69, 9.17) is 10.6 Å². The summed E-state index contributed by atoms with van der Waals surface area (Å²) in [5.41, 5.74) is 5.37. The smallest absolute Gasteiger partial charge is 0.122 e. The molecule has 0 radical (unpaired) electrons. The zero-order valence-electron chi connectivity index (χ0n) is 11.3. The van der Waals surface area contributed by atoms with Crippen molar-refractivity contribution in [3.63, 3.8) is 0 Å². The quantitative estimate of drug-likeness (QED) is 0.589. The van der Waals surface area contributed by atoms with Crippen molar-refractivity contribution >= 4 is 0 Å². The Kier molecular flexibility index (Phi) is 5.45. The maximum absolute atomic E-state index is 5.61. The van der Waals surface area contributed by atoms with Crippen LogP contribution in [-0.4, -0.2) is 13.2 Å². The SMILES string of the molecule is COc1ccc(C)cc1CC(CC(C)C)NN. The molecule has 0 aliphatic heterocycles. The summed E-state index contributed by atoms with van der Waals surface area (Å²) in [6.07, 6.45) is 1.97. The minimum Gasteiger partial charge on any atom is -0.496 e. The van der Waals surface area contributed by atoms with E-state index in [-0.39, 0.29) is 0 Å². The molecule has 0 saturated heterocycles. The van der Waals surface area contributed by atoms with Crippen molar-refractivity contribution in [2.75, 3.05) is 7.11 Å². The number of ether oxygens (including phenoxy) is 1. The van der Waals surface area contributed by atoms with E-state index < -0.39 is 0 Å². The molecular formula is C14H24N2O. The zero-order valence-corrected chi connectivity index (χ0v) is 11.3. The van der Waals surface area contributed by atoms with E-state index in [1.807, 2.05) is 6.07 Å². The van der Waals surface area contributed by atoms with Gasteiger partial charge in [-0.3, -0.25) is 11.3 Å². The van der Waals surface area contributed by atoms with Crippen LogP contribution in [0.5, 0.6) is 5.75 Å². The lowest BCUT2D eigenvalue weighted by Crippen LogP contribution is -2.37. The first-order valence-electron chi connectivity index (χ1n) is 6.16. The highest BCUT2D eigenvalue weighted by atomic mass is 16.5. The molecule has 0 saturated carbocycles. The summed E-state index contributed by atoms with van der Waals surface area (Å²) < 4.78 is 5.38. The molecule has 1 atom stereocenters. The molecular weight excluding hydrogens is 212 g/mol. The van der Waals surface area contributed by atoms with Crippen LogP contribution in [0.1, 0.15) is 31.4 Å². The zero-order chi connectivity index (χ0) is 12.8. The molecule has 0 amide bonds. The maximum Gasteiger partial charge on any atom is 0.122 e. The number of rotatable bonds is 6. The lowest BCUT2D eigenvalue weighted by atomic mass is 9.96. The molecule has 0 spiro atoms. The van der Waals surface area contributed by atoms with Gasteiger partial charge in [0, 0.05) is 6.04 Å². The van der Waals surface area contributed by atoms with Crippen LogP contribution in [0.15, 0.2) is 18.2 Å². The van der Waals surface area contributed by atoms with Crippen LogP contribution in [0.4, 0.5) is 0 Å². The lowest BCUT2D eigenvalue weighted by Gasteiger charge is -2.19. The second-order valence-electron chi connectivity index (χ2n) is 5.01. The molecule has 1 rings (SSSR count). The topological polar surface area (TPSA) is 47.3 Å². The van der Waals surface area contributed by atoms with Crippen molar-refractivity contribution in [1.82, 2.24) is 5.43 Å². The third-order valence-electron chi connectivity index (χ3n) is 2.89. The minimum atomic E-state index is 0.297. The highest BCUT2D eigenvalue weighted by Gasteiger charge is 2.13. The van der Waals surface area contributed by atoms with E-state index >= 15 is 0 Å². The van der Waals surface area contributed by atoms with Gasteiger partial charge in [-0.15, -0.1) is 0 Å². The van der Waals surface area contributed by atoms with Crippen LogP contribution in [-0.2, 0) is 6.42 Å². The van der Waals surface area contributed by atoms with E-state index in [1.165, 1.54) is 11.1 Å². The fourth-order valence-corrected chi connectivity index (χ4v) is 2.11. The Morgan fingerprint density at radius 2 is 2.06 bits per heavy atom. The third-order valence-corrected chi connectivity index (χ3v) is 2.89. The van der Waals surface area contributed by atoms with E-state index in [0.717, 1.165) is 18.6 Å². The van der Waals surface area contributed by atoms with Gasteiger partial charge < -0.3 is 4.74 Å². The number of hydrogen-bond acceptors (Lipinski definition) is 3. The lowest BCUT2D eigenvalue weighted by molar-refractivity contribution is 0.392. The average Bonchev–Trinajstić information content (AvgIpc) is 2.28. The standard InChI is InChI=1S/C14H24N2O/c1-10(2)7-13(16-15)9-12-8-11(3)5-6-14(12)17-4/h5-6,8,10,13,16H,7,9,15H2,1-4H3. The summed E-state index contributed by atoms with van der Waals surface area (Å²) in [5, 5.41) is 0. The van der Waals surface area contributed by atoms with Crippen molar-refractivity contribution < 1.29 is 4.74 Å². The van der Waals surface area contributed by atoms with Crippen LogP contribution < -0.4 is 16.0 Å². The molecule has 0 aliphatic rings. The first-order valence-corrected chi connectivity index (χ1v) is 6.16. The Balaban J connectivity index is 2.80. The normalized spacial score (nSPS) is 12.8. The van der Waals surface area contributed by atoms with Crippen LogP contribution in [0, 0.1) is 12.8 Å². The van der Waals surface area contributed by atoms with Gasteiger partial charge in [-0.25, -0.2) is 0 Å². The fourth-order valence-electron chi connectivity index (χ4n) is 2.11.